The molecule has 0 spiro atoms. The lowest BCUT2D eigenvalue weighted by atomic mass is 9.62. The van der Waals surface area contributed by atoms with E-state index >= 15 is 0 Å². The molecule has 4 fully saturated rings. The zero-order chi connectivity index (χ0) is 23.9. The predicted octanol–water partition coefficient (Wildman–Crippen LogP) is 3.84. The molecule has 8 heteroatoms. The fourth-order valence-electron chi connectivity index (χ4n) is 6.63. The van der Waals surface area contributed by atoms with E-state index in [9.17, 15) is 18.3 Å². The summed E-state index contributed by atoms with van der Waals surface area (Å²) in [7, 11) is 2.00. The van der Waals surface area contributed by atoms with E-state index in [1.54, 1.807) is 30.5 Å². The summed E-state index contributed by atoms with van der Waals surface area (Å²) < 4.78 is 46.7. The number of rotatable bonds is 5. The Balaban J connectivity index is 1.40. The van der Waals surface area contributed by atoms with Crippen molar-refractivity contribution in [3.05, 3.63) is 59.4 Å². The second-order valence-corrected chi connectivity index (χ2v) is 11.0. The van der Waals surface area contributed by atoms with Gasteiger partial charge in [-0.3, -0.25) is 4.98 Å². The number of ether oxygens (including phenoxy) is 1. The monoisotopic (exact) mass is 473 g/mol. The molecule has 2 aromatic rings. The first kappa shape index (κ1) is 22.3. The van der Waals surface area contributed by atoms with Crippen molar-refractivity contribution in [2.75, 3.05) is 38.2 Å². The van der Waals surface area contributed by atoms with Gasteiger partial charge in [0.15, 0.2) is 0 Å². The number of anilines is 1. The average Bonchev–Trinajstić information content (AvgIpc) is 3.36. The van der Waals surface area contributed by atoms with Crippen LogP contribution in [0.1, 0.15) is 42.9 Å². The summed E-state index contributed by atoms with van der Waals surface area (Å²) in [5.41, 5.74) is -1.11. The smallest absolute Gasteiger partial charge is 0.380 e. The quantitative estimate of drug-likeness (QED) is 0.715. The zero-order valence-corrected chi connectivity index (χ0v) is 19.5. The zero-order valence-electron chi connectivity index (χ0n) is 19.5. The molecule has 4 heterocycles. The van der Waals surface area contributed by atoms with E-state index in [4.69, 9.17) is 4.74 Å². The van der Waals surface area contributed by atoms with Crippen LogP contribution in [0.3, 0.4) is 0 Å². The number of pyridine rings is 1. The minimum Gasteiger partial charge on any atom is -0.380 e. The first-order valence-corrected chi connectivity index (χ1v) is 12.0. The van der Waals surface area contributed by atoms with Gasteiger partial charge in [-0.25, -0.2) is 0 Å². The normalized spacial score (nSPS) is 29.1. The van der Waals surface area contributed by atoms with Crippen molar-refractivity contribution in [2.24, 2.45) is 5.41 Å². The van der Waals surface area contributed by atoms with Crippen LogP contribution in [0.5, 0.6) is 0 Å². The first-order valence-electron chi connectivity index (χ1n) is 12.0. The third-order valence-corrected chi connectivity index (χ3v) is 8.63. The first-order chi connectivity index (χ1) is 16.1. The SMILES string of the molecule is CN1CC(C)([C@](O)(c2ccc(C3(C(F)(F)F)CC3)cc2)c2cncc(N3C[C@@H]4C[C@H]3CO4)c2)C1. The highest BCUT2D eigenvalue weighted by Crippen LogP contribution is 2.59. The van der Waals surface area contributed by atoms with Crippen molar-refractivity contribution >= 4 is 5.69 Å². The molecular weight excluding hydrogens is 443 g/mol. The number of likely N-dealkylation sites (tertiary alicyclic amines) is 1. The number of halogens is 3. The minimum atomic E-state index is -4.26. The highest BCUT2D eigenvalue weighted by atomic mass is 19.4. The van der Waals surface area contributed by atoms with E-state index in [0.717, 1.165) is 18.7 Å². The summed E-state index contributed by atoms with van der Waals surface area (Å²) in [6.45, 7) is 4.89. The molecule has 5 nitrogen and oxygen atoms in total. The molecule has 1 N–H and O–H groups in total. The van der Waals surface area contributed by atoms with Gasteiger partial charge in [0.05, 0.1) is 36.1 Å². The van der Waals surface area contributed by atoms with Crippen molar-refractivity contribution < 1.29 is 23.0 Å². The summed E-state index contributed by atoms with van der Waals surface area (Å²) in [6, 6.07) is 8.80. The maximum atomic E-state index is 13.7. The highest BCUT2D eigenvalue weighted by Gasteiger charge is 2.64. The molecule has 0 unspecified atom stereocenters. The molecular formula is C26H30F3N3O2. The molecule has 6 rings (SSSR count). The Hall–Kier alpha value is -2.16. The topological polar surface area (TPSA) is 48.8 Å². The van der Waals surface area contributed by atoms with E-state index in [1.165, 1.54) is 0 Å². The lowest BCUT2D eigenvalue weighted by molar-refractivity contribution is -0.160. The Morgan fingerprint density at radius 2 is 1.79 bits per heavy atom. The molecule has 1 saturated carbocycles. The number of nitrogens with zero attached hydrogens (tertiary/aromatic N) is 3. The molecule has 1 aromatic heterocycles. The van der Waals surface area contributed by atoms with Gasteiger partial charge in [0.1, 0.15) is 5.60 Å². The van der Waals surface area contributed by atoms with E-state index in [-0.39, 0.29) is 24.5 Å². The second kappa shape index (κ2) is 7.18. The van der Waals surface area contributed by atoms with Gasteiger partial charge >= 0.3 is 6.18 Å². The molecule has 3 atom stereocenters. The molecule has 4 aliphatic rings. The van der Waals surface area contributed by atoms with Gasteiger partial charge < -0.3 is 19.6 Å². The lowest BCUT2D eigenvalue weighted by Crippen LogP contribution is -2.63. The number of hydrogen-bond donors (Lipinski definition) is 1. The largest absolute Gasteiger partial charge is 0.398 e. The number of fused-ring (bicyclic) bond motifs is 2. The van der Waals surface area contributed by atoms with Crippen LogP contribution in [0.2, 0.25) is 0 Å². The van der Waals surface area contributed by atoms with Gasteiger partial charge in [-0.15, -0.1) is 0 Å². The van der Waals surface area contributed by atoms with Crippen molar-refractivity contribution in [3.63, 3.8) is 0 Å². The molecule has 1 aliphatic carbocycles. The number of hydrogen-bond acceptors (Lipinski definition) is 5. The van der Waals surface area contributed by atoms with Crippen LogP contribution in [0.25, 0.3) is 0 Å². The lowest BCUT2D eigenvalue weighted by Gasteiger charge is -2.56. The van der Waals surface area contributed by atoms with Gasteiger partial charge in [-0.05, 0) is 43.5 Å². The van der Waals surface area contributed by atoms with Crippen molar-refractivity contribution in [1.82, 2.24) is 9.88 Å². The molecule has 3 aliphatic heterocycles. The Morgan fingerprint density at radius 3 is 2.32 bits per heavy atom. The van der Waals surface area contributed by atoms with Gasteiger partial charge in [0, 0.05) is 36.8 Å². The summed E-state index contributed by atoms with van der Waals surface area (Å²) in [4.78, 5) is 8.92. The molecule has 0 amide bonds. The van der Waals surface area contributed by atoms with Gasteiger partial charge in [0.2, 0.25) is 0 Å². The Bertz CT molecular complexity index is 1100. The van der Waals surface area contributed by atoms with Crippen molar-refractivity contribution in [3.8, 4) is 0 Å². The number of aromatic nitrogens is 1. The predicted molar refractivity (Wildman–Crippen MR) is 122 cm³/mol. The summed E-state index contributed by atoms with van der Waals surface area (Å²) >= 11 is 0. The van der Waals surface area contributed by atoms with E-state index in [0.29, 0.717) is 36.9 Å². The number of morpholine rings is 1. The molecule has 182 valence electrons. The average molecular weight is 474 g/mol. The van der Waals surface area contributed by atoms with Crippen LogP contribution >= 0.6 is 0 Å². The number of benzene rings is 1. The van der Waals surface area contributed by atoms with Crippen LogP contribution in [-0.4, -0.2) is 66.6 Å². The van der Waals surface area contributed by atoms with Crippen LogP contribution < -0.4 is 4.90 Å². The molecule has 0 radical (unpaired) electrons. The van der Waals surface area contributed by atoms with E-state index in [2.05, 4.69) is 14.8 Å². The summed E-state index contributed by atoms with van der Waals surface area (Å²) in [5, 5.41) is 12.4. The van der Waals surface area contributed by atoms with E-state index in [1.807, 2.05) is 26.2 Å². The Morgan fingerprint density at radius 1 is 1.09 bits per heavy atom. The molecule has 3 saturated heterocycles. The molecule has 2 bridgehead atoms. The van der Waals surface area contributed by atoms with Crippen LogP contribution in [0, 0.1) is 5.41 Å². The van der Waals surface area contributed by atoms with Crippen LogP contribution in [0.4, 0.5) is 18.9 Å². The standard InChI is InChI=1S/C26H30F3N3O2/c1-23(15-31(2)16-23)25(33,18-5-3-17(4-6-18)24(7-8-24)26(27,28)29)19-9-20(12-30-11-19)32-13-22-10-21(32)14-34-22/h3-6,9,11-12,21-22,33H,7-8,10,13-16H2,1-2H3/t21-,22-,25-/m0/s1. The maximum Gasteiger partial charge on any atom is 0.398 e. The number of alkyl halides is 3. The van der Waals surface area contributed by atoms with Crippen molar-refractivity contribution in [2.45, 2.75) is 55.5 Å². The van der Waals surface area contributed by atoms with E-state index < -0.39 is 22.6 Å². The van der Waals surface area contributed by atoms with Crippen molar-refractivity contribution in [1.29, 1.82) is 0 Å². The summed E-state index contributed by atoms with van der Waals surface area (Å²) in [5.74, 6) is 0. The fraction of sp³-hybridized carbons (Fsp3) is 0.577. The Labute approximate surface area is 197 Å². The second-order valence-electron chi connectivity index (χ2n) is 11.0. The minimum absolute atomic E-state index is 0.121. The molecule has 1 aromatic carbocycles. The fourth-order valence-corrected chi connectivity index (χ4v) is 6.63. The number of aliphatic hydroxyl groups is 1. The maximum absolute atomic E-state index is 13.7. The van der Waals surface area contributed by atoms with Gasteiger partial charge in [0.25, 0.3) is 0 Å². The Kier molecular flexibility index (Phi) is 4.71. The highest BCUT2D eigenvalue weighted by molar-refractivity contribution is 5.53. The molecule has 34 heavy (non-hydrogen) atoms. The summed E-state index contributed by atoms with van der Waals surface area (Å²) in [6.07, 6.45) is 0.741. The third-order valence-electron chi connectivity index (χ3n) is 8.63. The van der Waals surface area contributed by atoms with Gasteiger partial charge in [-0.1, -0.05) is 31.2 Å². The third kappa shape index (κ3) is 3.08. The van der Waals surface area contributed by atoms with Crippen LogP contribution in [0.15, 0.2) is 42.7 Å². The van der Waals surface area contributed by atoms with Gasteiger partial charge in [-0.2, -0.15) is 13.2 Å². The van der Waals surface area contributed by atoms with Crippen LogP contribution in [-0.2, 0) is 15.8 Å².